The highest BCUT2D eigenvalue weighted by atomic mass is 19.3. The number of fused-ring (bicyclic) bond motifs is 1. The van der Waals surface area contributed by atoms with E-state index in [-0.39, 0.29) is 29.6 Å². The Balaban J connectivity index is 1.73. The van der Waals surface area contributed by atoms with Crippen LogP contribution in [-0.4, -0.2) is 29.8 Å². The topological polar surface area (TPSA) is 76.2 Å². The molecule has 0 aliphatic rings. The number of methoxy groups -OCH3 is 1. The van der Waals surface area contributed by atoms with E-state index in [9.17, 15) is 13.6 Å². The van der Waals surface area contributed by atoms with Gasteiger partial charge in [-0.3, -0.25) is 9.89 Å². The van der Waals surface area contributed by atoms with Crippen LogP contribution in [0.2, 0.25) is 0 Å². The largest absolute Gasteiger partial charge is 0.493 e. The molecule has 0 bridgehead atoms. The molecule has 0 saturated heterocycles. The summed E-state index contributed by atoms with van der Waals surface area (Å²) in [6.45, 7) is -2.84. The number of halogens is 2. The Kier molecular flexibility index (Phi) is 4.78. The summed E-state index contributed by atoms with van der Waals surface area (Å²) < 4.78 is 34.3. The van der Waals surface area contributed by atoms with Crippen LogP contribution < -0.4 is 14.8 Å². The number of para-hydroxylation sites is 1. The zero-order chi connectivity index (χ0) is 17.8. The van der Waals surface area contributed by atoms with Gasteiger partial charge in [-0.15, -0.1) is 0 Å². The van der Waals surface area contributed by atoms with E-state index in [1.807, 2.05) is 18.2 Å². The fourth-order valence-electron chi connectivity index (χ4n) is 2.42. The number of alkyl halides is 2. The summed E-state index contributed by atoms with van der Waals surface area (Å²) in [4.78, 5) is 12.3. The summed E-state index contributed by atoms with van der Waals surface area (Å²) in [5, 5.41) is 10.2. The minimum atomic E-state index is -2.96. The van der Waals surface area contributed by atoms with E-state index in [4.69, 9.17) is 4.74 Å². The van der Waals surface area contributed by atoms with Crippen LogP contribution in [0.3, 0.4) is 0 Å². The van der Waals surface area contributed by atoms with E-state index in [2.05, 4.69) is 20.3 Å². The van der Waals surface area contributed by atoms with Gasteiger partial charge >= 0.3 is 6.61 Å². The molecule has 6 nitrogen and oxygen atoms in total. The smallest absolute Gasteiger partial charge is 0.387 e. The Labute approximate surface area is 141 Å². The van der Waals surface area contributed by atoms with Crippen molar-refractivity contribution in [1.82, 2.24) is 15.5 Å². The van der Waals surface area contributed by atoms with Gasteiger partial charge in [0.25, 0.3) is 5.91 Å². The number of aromatic nitrogens is 2. The SMILES string of the molecule is COc1ccc(CNC(=O)c2n[nH]c3ccccc23)cc1OC(F)F. The molecule has 0 saturated carbocycles. The van der Waals surface area contributed by atoms with E-state index in [0.29, 0.717) is 10.9 Å². The molecule has 3 aromatic rings. The molecule has 2 aromatic carbocycles. The number of aromatic amines is 1. The molecule has 25 heavy (non-hydrogen) atoms. The number of nitrogens with zero attached hydrogens (tertiary/aromatic N) is 1. The molecule has 2 N–H and O–H groups in total. The number of amides is 1. The molecule has 8 heteroatoms. The average Bonchev–Trinajstić information content (AvgIpc) is 3.03. The van der Waals surface area contributed by atoms with Gasteiger partial charge in [0.2, 0.25) is 0 Å². The molecule has 1 heterocycles. The number of carbonyl (C=O) groups excluding carboxylic acids is 1. The quantitative estimate of drug-likeness (QED) is 0.718. The van der Waals surface area contributed by atoms with Crippen molar-refractivity contribution >= 4 is 16.8 Å². The van der Waals surface area contributed by atoms with Crippen molar-refractivity contribution in [2.75, 3.05) is 7.11 Å². The van der Waals surface area contributed by atoms with Gasteiger partial charge < -0.3 is 14.8 Å². The standard InChI is InChI=1S/C17H15F2N3O3/c1-24-13-7-6-10(8-14(13)25-17(18)19)9-20-16(23)15-11-4-2-3-5-12(11)21-22-15/h2-8,17H,9H2,1H3,(H,20,23)(H,21,22). The first kappa shape index (κ1) is 16.7. The average molecular weight is 347 g/mol. The van der Waals surface area contributed by atoms with Gasteiger partial charge in [0.05, 0.1) is 12.6 Å². The third-order valence-corrected chi connectivity index (χ3v) is 3.58. The van der Waals surface area contributed by atoms with Crippen molar-refractivity contribution in [2.24, 2.45) is 0 Å². The maximum atomic E-state index is 12.5. The molecule has 130 valence electrons. The number of carbonyl (C=O) groups is 1. The molecule has 0 spiro atoms. The third-order valence-electron chi connectivity index (χ3n) is 3.58. The molecule has 0 aliphatic heterocycles. The Morgan fingerprint density at radius 1 is 1.24 bits per heavy atom. The summed E-state index contributed by atoms with van der Waals surface area (Å²) in [7, 11) is 1.36. The fourth-order valence-corrected chi connectivity index (χ4v) is 2.42. The number of benzene rings is 2. The van der Waals surface area contributed by atoms with Crippen molar-refractivity contribution in [3.8, 4) is 11.5 Å². The molecule has 3 rings (SSSR count). The summed E-state index contributed by atoms with van der Waals surface area (Å²) in [5.41, 5.74) is 1.61. The zero-order valence-electron chi connectivity index (χ0n) is 13.3. The van der Waals surface area contributed by atoms with Gasteiger partial charge in [-0.05, 0) is 23.8 Å². The third kappa shape index (κ3) is 3.68. The molecule has 0 unspecified atom stereocenters. The molecular weight excluding hydrogens is 332 g/mol. The summed E-state index contributed by atoms with van der Waals surface area (Å²) in [6, 6.07) is 11.8. The van der Waals surface area contributed by atoms with E-state index < -0.39 is 6.61 Å². The first-order valence-electron chi connectivity index (χ1n) is 7.41. The van der Waals surface area contributed by atoms with E-state index in [1.165, 1.54) is 19.2 Å². The summed E-state index contributed by atoms with van der Waals surface area (Å²) >= 11 is 0. The van der Waals surface area contributed by atoms with E-state index in [0.717, 1.165) is 5.52 Å². The van der Waals surface area contributed by atoms with Gasteiger partial charge in [0.15, 0.2) is 17.2 Å². The number of H-pyrrole nitrogens is 1. The lowest BCUT2D eigenvalue weighted by Crippen LogP contribution is -2.23. The zero-order valence-corrected chi connectivity index (χ0v) is 13.3. The maximum Gasteiger partial charge on any atom is 0.387 e. The fraction of sp³-hybridized carbons (Fsp3) is 0.176. The molecule has 0 fully saturated rings. The lowest BCUT2D eigenvalue weighted by molar-refractivity contribution is -0.0512. The Bertz CT molecular complexity index is 896. The summed E-state index contributed by atoms with van der Waals surface area (Å²) in [6.07, 6.45) is 0. The van der Waals surface area contributed by atoms with Crippen LogP contribution in [-0.2, 0) is 6.54 Å². The Morgan fingerprint density at radius 3 is 2.80 bits per heavy atom. The predicted molar refractivity (Wildman–Crippen MR) is 86.9 cm³/mol. The highest BCUT2D eigenvalue weighted by Gasteiger charge is 2.15. The van der Waals surface area contributed by atoms with Crippen molar-refractivity contribution in [3.63, 3.8) is 0 Å². The first-order chi connectivity index (χ1) is 12.1. The van der Waals surface area contributed by atoms with Gasteiger partial charge in [0, 0.05) is 11.9 Å². The van der Waals surface area contributed by atoms with E-state index in [1.54, 1.807) is 12.1 Å². The van der Waals surface area contributed by atoms with Crippen LogP contribution in [0.25, 0.3) is 10.9 Å². The number of hydrogen-bond acceptors (Lipinski definition) is 4. The molecule has 1 amide bonds. The highest BCUT2D eigenvalue weighted by Crippen LogP contribution is 2.29. The molecule has 0 aliphatic carbocycles. The highest BCUT2D eigenvalue weighted by molar-refractivity contribution is 6.04. The normalized spacial score (nSPS) is 10.9. The number of hydrogen-bond donors (Lipinski definition) is 2. The van der Waals surface area contributed by atoms with Crippen molar-refractivity contribution in [3.05, 3.63) is 53.7 Å². The van der Waals surface area contributed by atoms with Gasteiger partial charge in [-0.1, -0.05) is 24.3 Å². The Morgan fingerprint density at radius 2 is 2.04 bits per heavy atom. The van der Waals surface area contributed by atoms with Gasteiger partial charge in [-0.2, -0.15) is 13.9 Å². The second kappa shape index (κ2) is 7.16. The van der Waals surface area contributed by atoms with Crippen molar-refractivity contribution in [1.29, 1.82) is 0 Å². The Hall–Kier alpha value is -3.16. The van der Waals surface area contributed by atoms with Crippen molar-refractivity contribution < 1.29 is 23.0 Å². The van der Waals surface area contributed by atoms with Gasteiger partial charge in [0.1, 0.15) is 0 Å². The molecular formula is C17H15F2N3O3. The minimum Gasteiger partial charge on any atom is -0.493 e. The first-order valence-corrected chi connectivity index (χ1v) is 7.41. The number of rotatable bonds is 6. The maximum absolute atomic E-state index is 12.5. The number of nitrogens with one attached hydrogen (secondary N) is 2. The number of ether oxygens (including phenoxy) is 2. The monoisotopic (exact) mass is 347 g/mol. The molecule has 0 atom stereocenters. The minimum absolute atomic E-state index is 0.0885. The van der Waals surface area contributed by atoms with Gasteiger partial charge in [-0.25, -0.2) is 0 Å². The van der Waals surface area contributed by atoms with Crippen LogP contribution >= 0.6 is 0 Å². The predicted octanol–water partition coefficient (Wildman–Crippen LogP) is 3.10. The summed E-state index contributed by atoms with van der Waals surface area (Å²) in [5.74, 6) is -0.271. The van der Waals surface area contributed by atoms with E-state index >= 15 is 0 Å². The van der Waals surface area contributed by atoms with Crippen LogP contribution in [0.4, 0.5) is 8.78 Å². The lowest BCUT2D eigenvalue weighted by Gasteiger charge is -2.12. The van der Waals surface area contributed by atoms with Crippen molar-refractivity contribution in [2.45, 2.75) is 13.2 Å². The van der Waals surface area contributed by atoms with Crippen LogP contribution in [0.15, 0.2) is 42.5 Å². The molecule has 1 aromatic heterocycles. The second-order valence-corrected chi connectivity index (χ2v) is 5.16. The second-order valence-electron chi connectivity index (χ2n) is 5.16. The molecule has 0 radical (unpaired) electrons. The van der Waals surface area contributed by atoms with Crippen LogP contribution in [0.1, 0.15) is 16.1 Å². The van der Waals surface area contributed by atoms with Crippen LogP contribution in [0.5, 0.6) is 11.5 Å². The van der Waals surface area contributed by atoms with Crippen LogP contribution in [0, 0.1) is 0 Å². The lowest BCUT2D eigenvalue weighted by atomic mass is 10.2.